The van der Waals surface area contributed by atoms with Crippen molar-refractivity contribution < 1.29 is 0 Å². The van der Waals surface area contributed by atoms with Gasteiger partial charge in [0.25, 0.3) is 0 Å². The summed E-state index contributed by atoms with van der Waals surface area (Å²) in [6.07, 6.45) is 3.97. The zero-order valence-corrected chi connectivity index (χ0v) is 13.5. The summed E-state index contributed by atoms with van der Waals surface area (Å²) in [5, 5.41) is 0. The Balaban J connectivity index is 2.32. The number of rotatable bonds is 3. The molecule has 2 rings (SSSR count). The number of hydrogen-bond donors (Lipinski definition) is 0. The van der Waals surface area contributed by atoms with Crippen LogP contribution in [-0.2, 0) is 0 Å². The molecule has 3 heteroatoms. The number of hydrogen-bond acceptors (Lipinski definition) is 1. The van der Waals surface area contributed by atoms with Gasteiger partial charge in [0.2, 0.25) is 0 Å². The minimum absolute atomic E-state index is 0.498. The second-order valence-corrected chi connectivity index (χ2v) is 7.07. The van der Waals surface area contributed by atoms with E-state index in [1.807, 2.05) is 0 Å². The molecule has 1 nitrogen and oxygen atoms in total. The zero-order chi connectivity index (χ0) is 12.4. The zero-order valence-electron chi connectivity index (χ0n) is 10.4. The maximum atomic E-state index is 3.85. The average molecular weight is 361 g/mol. The van der Waals surface area contributed by atoms with Gasteiger partial charge >= 0.3 is 0 Å². The molecule has 1 saturated carbocycles. The summed E-state index contributed by atoms with van der Waals surface area (Å²) in [5.41, 5.74) is 1.41. The van der Waals surface area contributed by atoms with Crippen LogP contribution in [0.2, 0.25) is 0 Å². The fourth-order valence-electron chi connectivity index (χ4n) is 2.91. The fraction of sp³-hybridized carbons (Fsp3) is 0.571. The number of alkyl halides is 1. The first-order valence-corrected chi connectivity index (χ1v) is 7.87. The summed E-state index contributed by atoms with van der Waals surface area (Å²) >= 11 is 7.54. The molecule has 0 bridgehead atoms. The van der Waals surface area contributed by atoms with Gasteiger partial charge in [-0.15, -0.1) is 0 Å². The predicted molar refractivity (Wildman–Crippen MR) is 80.6 cm³/mol. The Hall–Kier alpha value is 0.140. The molecule has 3 atom stereocenters. The quantitative estimate of drug-likeness (QED) is 0.711. The Labute approximate surface area is 121 Å². The van der Waals surface area contributed by atoms with Gasteiger partial charge in [0.05, 0.1) is 0 Å². The van der Waals surface area contributed by atoms with Crippen molar-refractivity contribution in [3.63, 3.8) is 0 Å². The van der Waals surface area contributed by atoms with Crippen LogP contribution in [0, 0.1) is 5.92 Å². The van der Waals surface area contributed by atoms with Crippen LogP contribution in [0.1, 0.15) is 30.9 Å². The lowest BCUT2D eigenvalue weighted by Gasteiger charge is -2.33. The highest BCUT2D eigenvalue weighted by molar-refractivity contribution is 9.10. The van der Waals surface area contributed by atoms with Crippen LogP contribution in [0.25, 0.3) is 0 Å². The molecule has 0 amide bonds. The van der Waals surface area contributed by atoms with Crippen molar-refractivity contribution in [2.75, 3.05) is 14.1 Å². The van der Waals surface area contributed by atoms with E-state index in [1.165, 1.54) is 29.3 Å². The third-order valence-electron chi connectivity index (χ3n) is 3.67. The lowest BCUT2D eigenvalue weighted by Crippen LogP contribution is -2.30. The Kier molecular flexibility index (Phi) is 4.67. The smallest absolute Gasteiger partial charge is 0.0392 e. The molecule has 0 saturated heterocycles. The van der Waals surface area contributed by atoms with Crippen molar-refractivity contribution in [3.05, 3.63) is 34.3 Å². The number of halogens is 2. The lowest BCUT2D eigenvalue weighted by atomic mass is 9.91. The summed E-state index contributed by atoms with van der Waals surface area (Å²) in [5.74, 6) is 0.712. The van der Waals surface area contributed by atoms with Gasteiger partial charge in [-0.2, -0.15) is 0 Å². The average Bonchev–Trinajstić information content (AvgIpc) is 2.68. The highest BCUT2D eigenvalue weighted by atomic mass is 79.9. The van der Waals surface area contributed by atoms with Crippen molar-refractivity contribution in [2.24, 2.45) is 5.92 Å². The third-order valence-corrected chi connectivity index (χ3v) is 5.53. The summed E-state index contributed by atoms with van der Waals surface area (Å²) < 4.78 is 1.23. The summed E-state index contributed by atoms with van der Waals surface area (Å²) in [6, 6.07) is 9.10. The molecular weight excluding hydrogens is 342 g/mol. The van der Waals surface area contributed by atoms with E-state index < -0.39 is 0 Å². The van der Waals surface area contributed by atoms with Crippen LogP contribution in [0.15, 0.2) is 28.7 Å². The molecular formula is C14H19Br2N. The Morgan fingerprint density at radius 3 is 2.47 bits per heavy atom. The van der Waals surface area contributed by atoms with Gasteiger partial charge in [0.15, 0.2) is 0 Å². The van der Waals surface area contributed by atoms with Gasteiger partial charge in [0.1, 0.15) is 0 Å². The van der Waals surface area contributed by atoms with Gasteiger partial charge in [-0.3, -0.25) is 0 Å². The molecule has 0 spiro atoms. The first-order valence-electron chi connectivity index (χ1n) is 6.16. The van der Waals surface area contributed by atoms with Gasteiger partial charge in [-0.1, -0.05) is 56.5 Å². The third kappa shape index (κ3) is 2.94. The SMILES string of the molecule is CN(C)C(c1ccccc1Br)[C@@H]1CCCC1Br. The molecule has 1 fully saturated rings. The molecule has 1 aliphatic carbocycles. The lowest BCUT2D eigenvalue weighted by molar-refractivity contribution is 0.218. The van der Waals surface area contributed by atoms with E-state index in [0.717, 1.165) is 0 Å². The summed E-state index contributed by atoms with van der Waals surface area (Å²) in [4.78, 5) is 3.01. The van der Waals surface area contributed by atoms with Gasteiger partial charge in [0, 0.05) is 15.3 Å². The van der Waals surface area contributed by atoms with E-state index in [9.17, 15) is 0 Å². The van der Waals surface area contributed by atoms with E-state index >= 15 is 0 Å². The van der Waals surface area contributed by atoms with Crippen LogP contribution in [0.3, 0.4) is 0 Å². The molecule has 1 aliphatic rings. The Morgan fingerprint density at radius 1 is 1.24 bits per heavy atom. The van der Waals surface area contributed by atoms with Gasteiger partial charge < -0.3 is 4.90 Å². The predicted octanol–water partition coefficient (Wildman–Crippen LogP) is 4.62. The molecule has 0 N–H and O–H groups in total. The van der Waals surface area contributed by atoms with Crippen molar-refractivity contribution in [2.45, 2.75) is 30.1 Å². The van der Waals surface area contributed by atoms with E-state index in [1.54, 1.807) is 0 Å². The van der Waals surface area contributed by atoms with E-state index in [0.29, 0.717) is 16.8 Å². The van der Waals surface area contributed by atoms with Crippen molar-refractivity contribution in [3.8, 4) is 0 Å². The molecule has 0 heterocycles. The largest absolute Gasteiger partial charge is 0.302 e. The molecule has 0 aliphatic heterocycles. The van der Waals surface area contributed by atoms with E-state index in [2.05, 4.69) is 75.1 Å². The maximum absolute atomic E-state index is 3.85. The molecule has 2 unspecified atom stereocenters. The molecule has 1 aromatic carbocycles. The maximum Gasteiger partial charge on any atom is 0.0392 e. The van der Waals surface area contributed by atoms with Crippen molar-refractivity contribution in [1.82, 2.24) is 4.90 Å². The standard InChI is InChI=1S/C14H19Br2N/c1-17(2)14(11-7-5-9-13(11)16)10-6-3-4-8-12(10)15/h3-4,6,8,11,13-14H,5,7,9H2,1-2H3/t11-,13?,14?/m1/s1. The van der Waals surface area contributed by atoms with Crippen LogP contribution in [0.5, 0.6) is 0 Å². The van der Waals surface area contributed by atoms with Crippen LogP contribution in [-0.4, -0.2) is 23.8 Å². The minimum Gasteiger partial charge on any atom is -0.302 e. The fourth-order valence-corrected chi connectivity index (χ4v) is 4.30. The normalized spacial score (nSPS) is 26.4. The first-order chi connectivity index (χ1) is 8.11. The van der Waals surface area contributed by atoms with E-state index in [4.69, 9.17) is 0 Å². The highest BCUT2D eigenvalue weighted by Crippen LogP contribution is 2.43. The van der Waals surface area contributed by atoms with Crippen molar-refractivity contribution in [1.29, 1.82) is 0 Å². The Morgan fingerprint density at radius 2 is 1.94 bits per heavy atom. The van der Waals surface area contributed by atoms with E-state index in [-0.39, 0.29) is 0 Å². The summed E-state index contributed by atoms with van der Waals surface area (Å²) in [7, 11) is 4.37. The van der Waals surface area contributed by atoms with Gasteiger partial charge in [-0.25, -0.2) is 0 Å². The summed E-state index contributed by atoms with van der Waals surface area (Å²) in [6.45, 7) is 0. The molecule has 0 aromatic heterocycles. The Bertz CT molecular complexity index is 378. The molecule has 17 heavy (non-hydrogen) atoms. The van der Waals surface area contributed by atoms with Gasteiger partial charge in [-0.05, 0) is 44.5 Å². The van der Waals surface area contributed by atoms with Crippen LogP contribution < -0.4 is 0 Å². The van der Waals surface area contributed by atoms with Crippen LogP contribution in [0.4, 0.5) is 0 Å². The minimum atomic E-state index is 0.498. The second kappa shape index (κ2) is 5.85. The molecule has 0 radical (unpaired) electrons. The van der Waals surface area contributed by atoms with Crippen molar-refractivity contribution >= 4 is 31.9 Å². The number of benzene rings is 1. The van der Waals surface area contributed by atoms with Crippen LogP contribution >= 0.6 is 31.9 Å². The molecule has 1 aromatic rings. The second-order valence-electron chi connectivity index (χ2n) is 5.04. The highest BCUT2D eigenvalue weighted by Gasteiger charge is 2.34. The first kappa shape index (κ1) is 13.6. The molecule has 94 valence electrons. The monoisotopic (exact) mass is 359 g/mol. The topological polar surface area (TPSA) is 3.24 Å². The number of nitrogens with zero attached hydrogens (tertiary/aromatic N) is 1.